The van der Waals surface area contributed by atoms with Crippen LogP contribution in [0.15, 0.2) is 17.5 Å². The molecule has 2 saturated heterocycles. The molecule has 2 aliphatic heterocycles. The highest BCUT2D eigenvalue weighted by Gasteiger charge is 2.39. The second-order valence-electron chi connectivity index (χ2n) is 5.59. The fourth-order valence-corrected chi connectivity index (χ4v) is 3.67. The van der Waals surface area contributed by atoms with Crippen molar-refractivity contribution in [3.05, 3.63) is 22.4 Å². The molecule has 0 bridgehead atoms. The lowest BCUT2D eigenvalue weighted by atomic mass is 10.0. The Morgan fingerprint density at radius 1 is 1.40 bits per heavy atom. The lowest BCUT2D eigenvalue weighted by molar-refractivity contribution is -0.132. The number of likely N-dealkylation sites (tertiary alicyclic amines) is 1. The van der Waals surface area contributed by atoms with Crippen molar-refractivity contribution in [3.63, 3.8) is 0 Å². The quantitative estimate of drug-likeness (QED) is 0.855. The lowest BCUT2D eigenvalue weighted by Crippen LogP contribution is -2.46. The number of amides is 2. The van der Waals surface area contributed by atoms with Crippen LogP contribution >= 0.6 is 11.3 Å². The monoisotopic (exact) mass is 293 g/mol. The van der Waals surface area contributed by atoms with E-state index >= 15 is 0 Å². The first-order chi connectivity index (χ1) is 9.65. The molecule has 5 nitrogen and oxygen atoms in total. The van der Waals surface area contributed by atoms with E-state index in [0.717, 1.165) is 26.2 Å². The number of hydrogen-bond donors (Lipinski definition) is 2. The van der Waals surface area contributed by atoms with Crippen LogP contribution in [0, 0.1) is 11.8 Å². The Hall–Kier alpha value is -1.40. The van der Waals surface area contributed by atoms with Gasteiger partial charge in [0.15, 0.2) is 0 Å². The van der Waals surface area contributed by atoms with E-state index in [0.29, 0.717) is 16.7 Å². The van der Waals surface area contributed by atoms with Gasteiger partial charge < -0.3 is 15.5 Å². The minimum atomic E-state index is -0.462. The molecule has 3 heterocycles. The number of rotatable bonds is 3. The van der Waals surface area contributed by atoms with E-state index in [9.17, 15) is 9.59 Å². The number of carbonyl (C=O) groups excluding carboxylic acids is 2. The Kier molecular flexibility index (Phi) is 3.76. The summed E-state index contributed by atoms with van der Waals surface area (Å²) in [6, 6.07) is 3.14. The molecule has 0 spiro atoms. The van der Waals surface area contributed by atoms with Gasteiger partial charge in [0.1, 0.15) is 6.04 Å². The summed E-state index contributed by atoms with van der Waals surface area (Å²) in [6.45, 7) is 5.40. The molecule has 3 rings (SSSR count). The summed E-state index contributed by atoms with van der Waals surface area (Å²) in [7, 11) is 0. The fraction of sp³-hybridized carbons (Fsp3) is 0.571. The van der Waals surface area contributed by atoms with E-state index in [4.69, 9.17) is 0 Å². The zero-order valence-corrected chi connectivity index (χ0v) is 12.3. The zero-order chi connectivity index (χ0) is 14.1. The molecular weight excluding hydrogens is 274 g/mol. The van der Waals surface area contributed by atoms with Crippen LogP contribution in [-0.4, -0.2) is 48.9 Å². The topological polar surface area (TPSA) is 61.4 Å². The van der Waals surface area contributed by atoms with Gasteiger partial charge in [-0.1, -0.05) is 6.07 Å². The predicted molar refractivity (Wildman–Crippen MR) is 77.7 cm³/mol. The Balaban J connectivity index is 1.56. The second kappa shape index (κ2) is 5.54. The van der Waals surface area contributed by atoms with Gasteiger partial charge in [-0.3, -0.25) is 9.59 Å². The van der Waals surface area contributed by atoms with E-state index in [1.807, 2.05) is 16.3 Å². The number of nitrogens with one attached hydrogen (secondary N) is 2. The third kappa shape index (κ3) is 2.58. The van der Waals surface area contributed by atoms with Crippen LogP contribution in [0.1, 0.15) is 16.6 Å². The van der Waals surface area contributed by atoms with Gasteiger partial charge in [0.2, 0.25) is 5.91 Å². The summed E-state index contributed by atoms with van der Waals surface area (Å²) in [5.41, 5.74) is 0. The van der Waals surface area contributed by atoms with Crippen LogP contribution in [-0.2, 0) is 4.79 Å². The summed E-state index contributed by atoms with van der Waals surface area (Å²) >= 11 is 1.39. The Labute approximate surface area is 122 Å². The minimum Gasteiger partial charge on any atom is -0.340 e. The highest BCUT2D eigenvalue weighted by molar-refractivity contribution is 7.12. The van der Waals surface area contributed by atoms with Gasteiger partial charge in [-0.25, -0.2) is 0 Å². The molecule has 6 heteroatoms. The largest absolute Gasteiger partial charge is 0.340 e. The first-order valence-electron chi connectivity index (χ1n) is 6.99. The molecule has 0 aromatic carbocycles. The molecule has 2 aliphatic rings. The van der Waals surface area contributed by atoms with E-state index in [1.165, 1.54) is 11.3 Å². The summed E-state index contributed by atoms with van der Waals surface area (Å²) in [4.78, 5) is 26.9. The van der Waals surface area contributed by atoms with Crippen molar-refractivity contribution >= 4 is 23.2 Å². The molecule has 1 aromatic heterocycles. The van der Waals surface area contributed by atoms with Crippen molar-refractivity contribution < 1.29 is 9.59 Å². The van der Waals surface area contributed by atoms with E-state index in [-0.39, 0.29) is 11.8 Å². The Morgan fingerprint density at radius 2 is 2.10 bits per heavy atom. The van der Waals surface area contributed by atoms with Crippen molar-refractivity contribution in [2.45, 2.75) is 13.0 Å². The van der Waals surface area contributed by atoms with Crippen molar-refractivity contribution in [3.8, 4) is 0 Å². The molecule has 108 valence electrons. The second-order valence-corrected chi connectivity index (χ2v) is 6.54. The maximum Gasteiger partial charge on any atom is 0.261 e. The van der Waals surface area contributed by atoms with Crippen LogP contribution in [0.4, 0.5) is 0 Å². The van der Waals surface area contributed by atoms with Crippen LogP contribution in [0.3, 0.4) is 0 Å². The SMILES string of the molecule is CC(NC(=O)c1cccs1)C(=O)N1C[C@H]2CNC[C@H]2C1. The molecule has 0 saturated carbocycles. The molecule has 20 heavy (non-hydrogen) atoms. The average molecular weight is 293 g/mol. The van der Waals surface area contributed by atoms with Crippen molar-refractivity contribution in [1.82, 2.24) is 15.5 Å². The molecule has 2 amide bonds. The third-order valence-corrected chi connectivity index (χ3v) is 5.03. The summed E-state index contributed by atoms with van der Waals surface area (Å²) in [5, 5.41) is 8.00. The standard InChI is InChI=1S/C14H19N3O2S/c1-9(16-13(18)12-3-2-4-20-12)14(19)17-7-10-5-15-6-11(10)8-17/h2-4,9-11,15H,5-8H2,1H3,(H,16,18)/t9?,10-,11+. The molecular formula is C14H19N3O2S. The predicted octanol–water partition coefficient (Wildman–Crippen LogP) is 0.544. The fourth-order valence-electron chi connectivity index (χ4n) is 3.05. The average Bonchev–Trinajstić information content (AvgIpc) is 3.13. The van der Waals surface area contributed by atoms with Crippen LogP contribution in [0.2, 0.25) is 0 Å². The Morgan fingerprint density at radius 3 is 2.70 bits per heavy atom. The molecule has 0 radical (unpaired) electrons. The first-order valence-corrected chi connectivity index (χ1v) is 7.87. The Bertz CT molecular complexity index is 491. The number of fused-ring (bicyclic) bond motifs is 1. The summed E-state index contributed by atoms with van der Waals surface area (Å²) in [5.74, 6) is 1.03. The van der Waals surface area contributed by atoms with Gasteiger partial charge in [-0.05, 0) is 30.2 Å². The van der Waals surface area contributed by atoms with Crippen molar-refractivity contribution in [2.24, 2.45) is 11.8 Å². The van der Waals surface area contributed by atoms with Crippen molar-refractivity contribution in [2.75, 3.05) is 26.2 Å². The summed E-state index contributed by atoms with van der Waals surface area (Å²) in [6.07, 6.45) is 0. The highest BCUT2D eigenvalue weighted by Crippen LogP contribution is 2.26. The van der Waals surface area contributed by atoms with Crippen LogP contribution < -0.4 is 10.6 Å². The van der Waals surface area contributed by atoms with E-state index in [2.05, 4.69) is 10.6 Å². The number of hydrogen-bond acceptors (Lipinski definition) is 4. The lowest BCUT2D eigenvalue weighted by Gasteiger charge is -2.22. The van der Waals surface area contributed by atoms with Gasteiger partial charge in [-0.15, -0.1) is 11.3 Å². The molecule has 0 aliphatic carbocycles. The minimum absolute atomic E-state index is 0.0318. The molecule has 2 N–H and O–H groups in total. The molecule has 1 unspecified atom stereocenters. The third-order valence-electron chi connectivity index (χ3n) is 4.16. The van der Waals surface area contributed by atoms with Crippen LogP contribution in [0.25, 0.3) is 0 Å². The summed E-state index contributed by atoms with van der Waals surface area (Å²) < 4.78 is 0. The maximum absolute atomic E-state index is 12.4. The van der Waals surface area contributed by atoms with Gasteiger partial charge in [0.25, 0.3) is 5.91 Å². The normalized spacial score (nSPS) is 26.4. The number of nitrogens with zero attached hydrogens (tertiary/aromatic N) is 1. The van der Waals surface area contributed by atoms with Gasteiger partial charge in [0, 0.05) is 26.2 Å². The van der Waals surface area contributed by atoms with Gasteiger partial charge in [0.05, 0.1) is 4.88 Å². The maximum atomic E-state index is 12.4. The van der Waals surface area contributed by atoms with Crippen LogP contribution in [0.5, 0.6) is 0 Å². The zero-order valence-electron chi connectivity index (χ0n) is 11.5. The molecule has 1 aromatic rings. The van der Waals surface area contributed by atoms with Gasteiger partial charge in [-0.2, -0.15) is 0 Å². The smallest absolute Gasteiger partial charge is 0.261 e. The number of carbonyl (C=O) groups is 2. The number of thiophene rings is 1. The first kappa shape index (κ1) is 13.6. The molecule has 3 atom stereocenters. The van der Waals surface area contributed by atoms with Crippen molar-refractivity contribution in [1.29, 1.82) is 0 Å². The molecule has 2 fully saturated rings. The highest BCUT2D eigenvalue weighted by atomic mass is 32.1. The van der Waals surface area contributed by atoms with Gasteiger partial charge >= 0.3 is 0 Å². The van der Waals surface area contributed by atoms with E-state index in [1.54, 1.807) is 13.0 Å². The van der Waals surface area contributed by atoms with E-state index < -0.39 is 6.04 Å².